The van der Waals surface area contributed by atoms with Gasteiger partial charge in [-0.15, -0.1) is 0 Å². The molecule has 0 bridgehead atoms. The van der Waals surface area contributed by atoms with Crippen LogP contribution in [-0.4, -0.2) is 9.97 Å². The van der Waals surface area contributed by atoms with Gasteiger partial charge in [0.05, 0.1) is 5.69 Å². The van der Waals surface area contributed by atoms with Crippen molar-refractivity contribution in [3.05, 3.63) is 21.6 Å². The SMILES string of the molecule is CCCCc1cnc(Br)c(Cl)n1. The molecule has 2 nitrogen and oxygen atoms in total. The molecule has 1 aromatic rings. The van der Waals surface area contributed by atoms with Gasteiger partial charge in [0.25, 0.3) is 0 Å². The van der Waals surface area contributed by atoms with E-state index in [1.54, 1.807) is 6.20 Å². The number of nitrogens with zero attached hydrogens (tertiary/aromatic N) is 2. The first-order valence-electron chi connectivity index (χ1n) is 3.91. The average molecular weight is 250 g/mol. The summed E-state index contributed by atoms with van der Waals surface area (Å²) in [5.74, 6) is 0. The summed E-state index contributed by atoms with van der Waals surface area (Å²) in [4.78, 5) is 8.22. The Kier molecular flexibility index (Phi) is 3.95. The maximum Gasteiger partial charge on any atom is 0.162 e. The van der Waals surface area contributed by atoms with Crippen molar-refractivity contribution in [2.24, 2.45) is 0 Å². The first-order chi connectivity index (χ1) is 5.74. The minimum Gasteiger partial charge on any atom is -0.244 e. The lowest BCUT2D eigenvalue weighted by Gasteiger charge is -1.99. The molecule has 0 atom stereocenters. The van der Waals surface area contributed by atoms with E-state index in [1.807, 2.05) is 0 Å². The van der Waals surface area contributed by atoms with Gasteiger partial charge in [-0.25, -0.2) is 9.97 Å². The number of unbranched alkanes of at least 4 members (excludes halogenated alkanes) is 1. The third-order valence-electron chi connectivity index (χ3n) is 1.53. The molecule has 0 fully saturated rings. The van der Waals surface area contributed by atoms with Crippen LogP contribution in [0.3, 0.4) is 0 Å². The summed E-state index contributed by atoms with van der Waals surface area (Å²) in [7, 11) is 0. The van der Waals surface area contributed by atoms with E-state index >= 15 is 0 Å². The van der Waals surface area contributed by atoms with Crippen molar-refractivity contribution in [3.63, 3.8) is 0 Å². The first kappa shape index (κ1) is 9.93. The van der Waals surface area contributed by atoms with Crippen LogP contribution in [0.1, 0.15) is 25.5 Å². The lowest BCUT2D eigenvalue weighted by molar-refractivity contribution is 0.771. The fourth-order valence-electron chi connectivity index (χ4n) is 0.864. The topological polar surface area (TPSA) is 25.8 Å². The van der Waals surface area contributed by atoms with Crippen LogP contribution in [-0.2, 0) is 6.42 Å². The molecular weight excluding hydrogens is 239 g/mol. The van der Waals surface area contributed by atoms with Gasteiger partial charge in [-0.3, -0.25) is 0 Å². The molecule has 1 heterocycles. The Morgan fingerprint density at radius 2 is 2.33 bits per heavy atom. The van der Waals surface area contributed by atoms with Crippen LogP contribution in [0.25, 0.3) is 0 Å². The molecule has 0 spiro atoms. The zero-order chi connectivity index (χ0) is 8.97. The van der Waals surface area contributed by atoms with Crippen molar-refractivity contribution < 1.29 is 0 Å². The van der Waals surface area contributed by atoms with E-state index in [1.165, 1.54) is 0 Å². The van der Waals surface area contributed by atoms with Crippen LogP contribution < -0.4 is 0 Å². The van der Waals surface area contributed by atoms with Gasteiger partial charge < -0.3 is 0 Å². The molecule has 0 aliphatic rings. The average Bonchev–Trinajstić information content (AvgIpc) is 2.07. The van der Waals surface area contributed by atoms with E-state index < -0.39 is 0 Å². The van der Waals surface area contributed by atoms with Crippen LogP contribution in [0.4, 0.5) is 0 Å². The molecule has 1 aromatic heterocycles. The maximum atomic E-state index is 5.77. The summed E-state index contributed by atoms with van der Waals surface area (Å²) in [5.41, 5.74) is 0.963. The second-order valence-electron chi connectivity index (χ2n) is 2.55. The maximum absolute atomic E-state index is 5.77. The molecule has 0 amide bonds. The van der Waals surface area contributed by atoms with Crippen LogP contribution in [0, 0.1) is 0 Å². The van der Waals surface area contributed by atoms with Gasteiger partial charge in [-0.05, 0) is 28.8 Å². The Bertz CT molecular complexity index is 265. The third kappa shape index (κ3) is 2.72. The van der Waals surface area contributed by atoms with Crippen molar-refractivity contribution in [2.75, 3.05) is 0 Å². The standard InChI is InChI=1S/C8H10BrClN2/c1-2-3-4-6-5-11-7(9)8(10)12-6/h5H,2-4H2,1H3. The Labute approximate surface area is 85.5 Å². The zero-order valence-electron chi connectivity index (χ0n) is 6.85. The highest BCUT2D eigenvalue weighted by Gasteiger charge is 2.01. The van der Waals surface area contributed by atoms with Gasteiger partial charge >= 0.3 is 0 Å². The lowest BCUT2D eigenvalue weighted by Crippen LogP contribution is -1.92. The number of hydrogen-bond donors (Lipinski definition) is 0. The van der Waals surface area contributed by atoms with Gasteiger partial charge in [-0.2, -0.15) is 0 Å². The molecule has 66 valence electrons. The van der Waals surface area contributed by atoms with Gasteiger partial charge in [0.1, 0.15) is 4.60 Å². The van der Waals surface area contributed by atoms with Gasteiger partial charge in [0, 0.05) is 6.20 Å². The van der Waals surface area contributed by atoms with Crippen molar-refractivity contribution in [2.45, 2.75) is 26.2 Å². The minimum absolute atomic E-state index is 0.448. The minimum atomic E-state index is 0.448. The predicted molar refractivity (Wildman–Crippen MR) is 53.4 cm³/mol. The number of halogens is 2. The molecule has 0 N–H and O–H groups in total. The highest BCUT2D eigenvalue weighted by molar-refractivity contribution is 9.10. The largest absolute Gasteiger partial charge is 0.244 e. The smallest absolute Gasteiger partial charge is 0.162 e. The van der Waals surface area contributed by atoms with E-state index in [4.69, 9.17) is 11.6 Å². The number of rotatable bonds is 3. The fourth-order valence-corrected chi connectivity index (χ4v) is 1.21. The van der Waals surface area contributed by atoms with E-state index in [2.05, 4.69) is 32.8 Å². The Balaban J connectivity index is 2.69. The van der Waals surface area contributed by atoms with Gasteiger partial charge in [0.15, 0.2) is 5.15 Å². The van der Waals surface area contributed by atoms with Crippen molar-refractivity contribution >= 4 is 27.5 Å². The molecule has 0 aromatic carbocycles. The molecule has 0 radical (unpaired) electrons. The predicted octanol–water partition coefficient (Wildman–Crippen LogP) is 3.24. The van der Waals surface area contributed by atoms with Crippen LogP contribution in [0.2, 0.25) is 5.15 Å². The molecule has 0 aliphatic carbocycles. The second-order valence-corrected chi connectivity index (χ2v) is 3.66. The lowest BCUT2D eigenvalue weighted by atomic mass is 10.2. The van der Waals surface area contributed by atoms with Crippen molar-refractivity contribution in [1.29, 1.82) is 0 Å². The Morgan fingerprint density at radius 1 is 1.58 bits per heavy atom. The summed E-state index contributed by atoms with van der Waals surface area (Å²) in [6, 6.07) is 0. The summed E-state index contributed by atoms with van der Waals surface area (Å²) >= 11 is 8.96. The molecule has 4 heteroatoms. The summed E-state index contributed by atoms with van der Waals surface area (Å²) in [6.45, 7) is 2.15. The normalized spacial score (nSPS) is 10.2. The fraction of sp³-hybridized carbons (Fsp3) is 0.500. The highest BCUT2D eigenvalue weighted by Crippen LogP contribution is 2.17. The van der Waals surface area contributed by atoms with Gasteiger partial charge in [0.2, 0.25) is 0 Å². The molecule has 1 rings (SSSR count). The van der Waals surface area contributed by atoms with Gasteiger partial charge in [-0.1, -0.05) is 24.9 Å². The highest BCUT2D eigenvalue weighted by atomic mass is 79.9. The molecule has 0 unspecified atom stereocenters. The Morgan fingerprint density at radius 3 is 2.92 bits per heavy atom. The molecule has 0 aliphatic heterocycles. The molecular formula is C8H10BrClN2. The number of aryl methyl sites for hydroxylation is 1. The summed E-state index contributed by atoms with van der Waals surface area (Å²) < 4.78 is 0.615. The monoisotopic (exact) mass is 248 g/mol. The van der Waals surface area contributed by atoms with Crippen LogP contribution in [0.5, 0.6) is 0 Å². The van der Waals surface area contributed by atoms with E-state index in [9.17, 15) is 0 Å². The quantitative estimate of drug-likeness (QED) is 0.822. The number of hydrogen-bond acceptors (Lipinski definition) is 2. The molecule has 0 saturated heterocycles. The van der Waals surface area contributed by atoms with E-state index in [-0.39, 0.29) is 0 Å². The zero-order valence-corrected chi connectivity index (χ0v) is 9.19. The van der Waals surface area contributed by atoms with Crippen molar-refractivity contribution in [1.82, 2.24) is 9.97 Å². The summed E-state index contributed by atoms with van der Waals surface area (Å²) in [5, 5.41) is 0.448. The van der Waals surface area contributed by atoms with E-state index in [0.717, 1.165) is 25.0 Å². The third-order valence-corrected chi connectivity index (χ3v) is 2.60. The van der Waals surface area contributed by atoms with Crippen molar-refractivity contribution in [3.8, 4) is 0 Å². The van der Waals surface area contributed by atoms with Crippen LogP contribution >= 0.6 is 27.5 Å². The molecule has 12 heavy (non-hydrogen) atoms. The first-order valence-corrected chi connectivity index (χ1v) is 5.08. The Hall–Kier alpha value is -0.150. The van der Waals surface area contributed by atoms with Crippen LogP contribution in [0.15, 0.2) is 10.8 Å². The summed E-state index contributed by atoms with van der Waals surface area (Å²) in [6.07, 6.45) is 5.00. The second kappa shape index (κ2) is 4.77. The number of aromatic nitrogens is 2. The molecule has 0 saturated carbocycles. The van der Waals surface area contributed by atoms with E-state index in [0.29, 0.717) is 9.76 Å².